The molecule has 2 fully saturated rings. The molecule has 1 saturated carbocycles. The lowest BCUT2D eigenvalue weighted by molar-refractivity contribution is -0.0159. The Kier molecular flexibility index (Phi) is 7.04. The molecule has 1 aliphatic heterocycles. The summed E-state index contributed by atoms with van der Waals surface area (Å²) < 4.78 is 14.1. The Morgan fingerprint density at radius 1 is 1.30 bits per heavy atom. The smallest absolute Gasteiger partial charge is 0.410 e. The van der Waals surface area contributed by atoms with E-state index in [-0.39, 0.29) is 24.2 Å². The van der Waals surface area contributed by atoms with Gasteiger partial charge in [0.25, 0.3) is 0 Å². The van der Waals surface area contributed by atoms with Crippen molar-refractivity contribution in [2.75, 3.05) is 13.7 Å². The molecule has 1 saturated heterocycles. The first-order valence-corrected chi connectivity index (χ1v) is 9.30. The van der Waals surface area contributed by atoms with Crippen molar-refractivity contribution >= 4 is 18.9 Å². The van der Waals surface area contributed by atoms with Gasteiger partial charge in [0.2, 0.25) is 0 Å². The minimum atomic E-state index is -0.277. The average molecular weight is 345 g/mol. The van der Waals surface area contributed by atoms with Crippen LogP contribution < -0.4 is 4.72 Å². The highest BCUT2D eigenvalue weighted by Gasteiger charge is 2.42. The number of amides is 1. The molecule has 0 bridgehead atoms. The summed E-state index contributed by atoms with van der Waals surface area (Å²) in [5, 5.41) is 0. The van der Waals surface area contributed by atoms with Crippen LogP contribution in [-0.2, 0) is 9.47 Å². The molecule has 0 spiro atoms. The van der Waals surface area contributed by atoms with E-state index < -0.39 is 0 Å². The van der Waals surface area contributed by atoms with Crippen LogP contribution in [0.15, 0.2) is 0 Å². The Labute approximate surface area is 146 Å². The minimum Gasteiger partial charge on any atom is -0.453 e. The molecule has 1 heterocycles. The molecule has 5 nitrogen and oxygen atoms in total. The molecule has 2 rings (SSSR count). The predicted molar refractivity (Wildman–Crippen MR) is 94.6 cm³/mol. The summed E-state index contributed by atoms with van der Waals surface area (Å²) in [6.07, 6.45) is 5.66. The summed E-state index contributed by atoms with van der Waals surface area (Å²) in [5.74, 6) is 1.60. The molecule has 1 aliphatic carbocycles. The van der Waals surface area contributed by atoms with Gasteiger partial charge >= 0.3 is 6.09 Å². The quantitative estimate of drug-likeness (QED) is 0.752. The molecule has 0 aromatic rings. The lowest BCUT2D eigenvalue weighted by Gasteiger charge is -2.33. The Bertz CT molecular complexity index is 386. The van der Waals surface area contributed by atoms with E-state index >= 15 is 0 Å². The maximum Gasteiger partial charge on any atom is 0.410 e. The Morgan fingerprint density at radius 2 is 1.96 bits per heavy atom. The topological polar surface area (TPSA) is 50.8 Å². The maximum atomic E-state index is 12.1. The lowest BCUT2D eigenvalue weighted by atomic mass is 9.80. The van der Waals surface area contributed by atoms with Gasteiger partial charge in [-0.3, -0.25) is 9.62 Å². The molecule has 0 aromatic heterocycles. The van der Waals surface area contributed by atoms with Gasteiger partial charge < -0.3 is 9.47 Å². The summed E-state index contributed by atoms with van der Waals surface area (Å²) in [4.78, 5) is 13.9. The zero-order valence-corrected chi connectivity index (χ0v) is 15.7. The molecule has 6 heteroatoms. The SMILES string of the molecule is COC(=O)N1C(C)CC(NS)C1COC1CCC(C(C)C)CC1. The summed E-state index contributed by atoms with van der Waals surface area (Å²) in [7, 11) is 1.43. The summed E-state index contributed by atoms with van der Waals surface area (Å²) in [6.45, 7) is 7.21. The lowest BCUT2D eigenvalue weighted by Crippen LogP contribution is -2.48. The van der Waals surface area contributed by atoms with Gasteiger partial charge in [0, 0.05) is 12.1 Å². The number of carbonyl (C=O) groups is 1. The molecular weight excluding hydrogens is 312 g/mol. The zero-order valence-electron chi connectivity index (χ0n) is 14.8. The van der Waals surface area contributed by atoms with E-state index in [2.05, 4.69) is 31.4 Å². The van der Waals surface area contributed by atoms with Crippen molar-refractivity contribution in [1.82, 2.24) is 9.62 Å². The van der Waals surface area contributed by atoms with Crippen LogP contribution in [0, 0.1) is 11.8 Å². The minimum absolute atomic E-state index is 0.0160. The van der Waals surface area contributed by atoms with Crippen LogP contribution in [0.5, 0.6) is 0 Å². The molecule has 1 N–H and O–H groups in total. The van der Waals surface area contributed by atoms with Crippen LogP contribution >= 0.6 is 12.8 Å². The molecule has 0 aromatic carbocycles. The number of thiol groups is 1. The van der Waals surface area contributed by atoms with Gasteiger partial charge in [-0.05, 0) is 50.9 Å². The fraction of sp³-hybridized carbons (Fsp3) is 0.941. The average Bonchev–Trinajstić information content (AvgIpc) is 2.88. The van der Waals surface area contributed by atoms with Crippen molar-refractivity contribution in [2.45, 2.75) is 77.1 Å². The van der Waals surface area contributed by atoms with Gasteiger partial charge in [-0.15, -0.1) is 0 Å². The first-order chi connectivity index (χ1) is 11.0. The highest BCUT2D eigenvalue weighted by Crippen LogP contribution is 2.32. The number of methoxy groups -OCH3 is 1. The third-order valence-corrected chi connectivity index (χ3v) is 5.94. The van der Waals surface area contributed by atoms with Gasteiger partial charge in [0.1, 0.15) is 0 Å². The molecule has 0 radical (unpaired) electrons. The fourth-order valence-corrected chi connectivity index (χ4v) is 4.35. The zero-order chi connectivity index (χ0) is 17.0. The van der Waals surface area contributed by atoms with Crippen LogP contribution in [0.25, 0.3) is 0 Å². The third-order valence-electron chi connectivity index (χ3n) is 5.61. The highest BCUT2D eigenvalue weighted by molar-refractivity contribution is 7.78. The van der Waals surface area contributed by atoms with Gasteiger partial charge in [0.15, 0.2) is 0 Å². The Hall–Kier alpha value is -0.460. The van der Waals surface area contributed by atoms with Crippen molar-refractivity contribution in [3.8, 4) is 0 Å². The van der Waals surface area contributed by atoms with E-state index in [0.29, 0.717) is 12.7 Å². The van der Waals surface area contributed by atoms with E-state index in [9.17, 15) is 4.79 Å². The predicted octanol–water partition coefficient (Wildman–Crippen LogP) is 3.25. The van der Waals surface area contributed by atoms with Crippen LogP contribution in [0.4, 0.5) is 4.79 Å². The normalized spacial score (nSPS) is 34.9. The highest BCUT2D eigenvalue weighted by atomic mass is 32.1. The molecule has 23 heavy (non-hydrogen) atoms. The second kappa shape index (κ2) is 8.58. The van der Waals surface area contributed by atoms with Crippen molar-refractivity contribution in [3.63, 3.8) is 0 Å². The summed E-state index contributed by atoms with van der Waals surface area (Å²) in [5.41, 5.74) is 0. The number of likely N-dealkylation sites (tertiary alicyclic amines) is 1. The Balaban J connectivity index is 1.88. The number of rotatable bonds is 5. The van der Waals surface area contributed by atoms with E-state index in [1.807, 2.05) is 6.92 Å². The second-order valence-electron chi connectivity index (χ2n) is 7.38. The third kappa shape index (κ3) is 4.54. The van der Waals surface area contributed by atoms with Crippen LogP contribution in [0.3, 0.4) is 0 Å². The van der Waals surface area contributed by atoms with Crippen molar-refractivity contribution in [3.05, 3.63) is 0 Å². The fourth-order valence-electron chi connectivity index (χ4n) is 4.07. The molecule has 1 amide bonds. The Morgan fingerprint density at radius 3 is 2.48 bits per heavy atom. The molecule has 2 aliphatic rings. The number of hydrogen-bond acceptors (Lipinski definition) is 5. The van der Waals surface area contributed by atoms with E-state index in [4.69, 9.17) is 9.47 Å². The molecule has 3 atom stereocenters. The van der Waals surface area contributed by atoms with Gasteiger partial charge in [-0.2, -0.15) is 0 Å². The molecule has 134 valence electrons. The van der Waals surface area contributed by atoms with Crippen LogP contribution in [-0.4, -0.2) is 48.9 Å². The number of carbonyl (C=O) groups excluding carboxylic acids is 1. The van der Waals surface area contributed by atoms with E-state index in [1.165, 1.54) is 20.0 Å². The molecule has 3 unspecified atom stereocenters. The number of nitrogens with zero attached hydrogens (tertiary/aromatic N) is 1. The second-order valence-corrected chi connectivity index (χ2v) is 7.64. The first kappa shape index (κ1) is 18.9. The van der Waals surface area contributed by atoms with Crippen molar-refractivity contribution < 1.29 is 14.3 Å². The monoisotopic (exact) mass is 344 g/mol. The number of ether oxygens (including phenoxy) is 2. The van der Waals surface area contributed by atoms with Gasteiger partial charge in [-0.1, -0.05) is 26.7 Å². The van der Waals surface area contributed by atoms with Crippen molar-refractivity contribution in [2.24, 2.45) is 11.8 Å². The van der Waals surface area contributed by atoms with E-state index in [1.54, 1.807) is 4.90 Å². The summed E-state index contributed by atoms with van der Waals surface area (Å²) >= 11 is 4.22. The largest absolute Gasteiger partial charge is 0.453 e. The van der Waals surface area contributed by atoms with Gasteiger partial charge in [0.05, 0.1) is 25.9 Å². The van der Waals surface area contributed by atoms with E-state index in [0.717, 1.165) is 31.1 Å². The summed E-state index contributed by atoms with van der Waals surface area (Å²) in [6, 6.07) is 0.259. The van der Waals surface area contributed by atoms with Crippen LogP contribution in [0.2, 0.25) is 0 Å². The van der Waals surface area contributed by atoms with Crippen molar-refractivity contribution in [1.29, 1.82) is 0 Å². The first-order valence-electron chi connectivity index (χ1n) is 8.85. The molecular formula is C17H32N2O3S. The number of nitrogens with one attached hydrogen (secondary N) is 1. The standard InChI is InChI=1S/C17H32N2O3S/c1-11(2)13-5-7-14(8-6-13)22-10-16-15(18-23)9-12(3)19(16)17(20)21-4/h11-16,18,23H,5-10H2,1-4H3. The maximum absolute atomic E-state index is 12.1. The number of hydrogen-bond donors (Lipinski definition) is 2. The van der Waals surface area contributed by atoms with Gasteiger partial charge in [-0.25, -0.2) is 4.79 Å². The van der Waals surface area contributed by atoms with Crippen LogP contribution in [0.1, 0.15) is 52.9 Å².